The summed E-state index contributed by atoms with van der Waals surface area (Å²) in [5, 5.41) is 12.6. The third kappa shape index (κ3) is 5.21. The number of hydrogen-bond acceptors (Lipinski definition) is 3. The van der Waals surface area contributed by atoms with Gasteiger partial charge in [0.05, 0.1) is 12.6 Å². The molecule has 1 amide bonds. The molecular formula is C16H26N2O2. The first-order valence-corrected chi connectivity index (χ1v) is 7.33. The van der Waals surface area contributed by atoms with E-state index in [0.29, 0.717) is 13.1 Å². The molecule has 1 rings (SSSR count). The fraction of sp³-hybridized carbons (Fsp3) is 0.562. The molecule has 4 heteroatoms. The van der Waals surface area contributed by atoms with Gasteiger partial charge < -0.3 is 15.3 Å². The summed E-state index contributed by atoms with van der Waals surface area (Å²) in [6.45, 7) is 7.44. The van der Waals surface area contributed by atoms with E-state index >= 15 is 0 Å². The smallest absolute Gasteiger partial charge is 0.239 e. The van der Waals surface area contributed by atoms with Crippen LogP contribution in [0, 0.1) is 5.92 Å². The molecule has 1 aromatic rings. The van der Waals surface area contributed by atoms with Gasteiger partial charge in [-0.25, -0.2) is 0 Å². The van der Waals surface area contributed by atoms with Crippen molar-refractivity contribution in [3.63, 3.8) is 0 Å². The molecular weight excluding hydrogens is 252 g/mol. The molecule has 0 fully saturated rings. The standard InChI is InChI=1S/C16H26N2O2/c1-4-13(3)15(19)11-17-16(20)12-18(5-2)14-9-7-6-8-10-14/h6-10,13,15,19H,4-5,11-12H2,1-3H3,(H,17,20). The molecule has 0 aliphatic heterocycles. The predicted molar refractivity (Wildman–Crippen MR) is 82.8 cm³/mol. The summed E-state index contributed by atoms with van der Waals surface area (Å²) in [7, 11) is 0. The normalized spacial score (nSPS) is 13.6. The number of para-hydroxylation sites is 1. The zero-order chi connectivity index (χ0) is 15.0. The highest BCUT2D eigenvalue weighted by atomic mass is 16.3. The molecule has 2 unspecified atom stereocenters. The van der Waals surface area contributed by atoms with E-state index in [4.69, 9.17) is 0 Å². The quantitative estimate of drug-likeness (QED) is 0.765. The number of carbonyl (C=O) groups is 1. The van der Waals surface area contributed by atoms with Crippen molar-refractivity contribution in [2.45, 2.75) is 33.3 Å². The van der Waals surface area contributed by atoms with Gasteiger partial charge >= 0.3 is 0 Å². The SMILES string of the molecule is CCC(C)C(O)CNC(=O)CN(CC)c1ccccc1. The topological polar surface area (TPSA) is 52.6 Å². The summed E-state index contributed by atoms with van der Waals surface area (Å²) in [6.07, 6.45) is 0.429. The fourth-order valence-corrected chi connectivity index (χ4v) is 1.95. The van der Waals surface area contributed by atoms with E-state index in [9.17, 15) is 9.90 Å². The number of rotatable bonds is 8. The van der Waals surface area contributed by atoms with Crippen molar-refractivity contribution in [1.82, 2.24) is 5.32 Å². The lowest BCUT2D eigenvalue weighted by molar-refractivity contribution is -0.120. The van der Waals surface area contributed by atoms with Crippen molar-refractivity contribution in [2.75, 3.05) is 24.5 Å². The molecule has 0 heterocycles. The van der Waals surface area contributed by atoms with E-state index in [1.165, 1.54) is 0 Å². The first kappa shape index (κ1) is 16.5. The van der Waals surface area contributed by atoms with Crippen LogP contribution in [0.15, 0.2) is 30.3 Å². The van der Waals surface area contributed by atoms with Crippen LogP contribution in [-0.2, 0) is 4.79 Å². The number of aliphatic hydroxyl groups is 1. The zero-order valence-corrected chi connectivity index (χ0v) is 12.7. The summed E-state index contributed by atoms with van der Waals surface area (Å²) in [4.78, 5) is 13.9. The minimum absolute atomic E-state index is 0.0574. The zero-order valence-electron chi connectivity index (χ0n) is 12.7. The second-order valence-corrected chi connectivity index (χ2v) is 5.11. The van der Waals surface area contributed by atoms with E-state index in [2.05, 4.69) is 5.32 Å². The number of carbonyl (C=O) groups excluding carboxylic acids is 1. The van der Waals surface area contributed by atoms with Gasteiger partial charge in [0, 0.05) is 18.8 Å². The molecule has 0 bridgehead atoms. The van der Waals surface area contributed by atoms with Crippen LogP contribution in [-0.4, -0.2) is 36.8 Å². The molecule has 2 atom stereocenters. The van der Waals surface area contributed by atoms with Gasteiger partial charge in [-0.3, -0.25) is 4.79 Å². The number of likely N-dealkylation sites (N-methyl/N-ethyl adjacent to an activating group) is 1. The van der Waals surface area contributed by atoms with Crippen molar-refractivity contribution in [2.24, 2.45) is 5.92 Å². The lowest BCUT2D eigenvalue weighted by Crippen LogP contribution is -2.41. The van der Waals surface area contributed by atoms with E-state index < -0.39 is 6.10 Å². The lowest BCUT2D eigenvalue weighted by Gasteiger charge is -2.23. The highest BCUT2D eigenvalue weighted by molar-refractivity contribution is 5.81. The van der Waals surface area contributed by atoms with Crippen LogP contribution in [0.1, 0.15) is 27.2 Å². The van der Waals surface area contributed by atoms with Gasteiger partial charge in [-0.15, -0.1) is 0 Å². The molecule has 0 spiro atoms. The molecule has 0 aliphatic rings. The highest BCUT2D eigenvalue weighted by Gasteiger charge is 2.14. The Hall–Kier alpha value is -1.55. The minimum atomic E-state index is -0.476. The molecule has 20 heavy (non-hydrogen) atoms. The monoisotopic (exact) mass is 278 g/mol. The molecule has 2 N–H and O–H groups in total. The van der Waals surface area contributed by atoms with E-state index in [-0.39, 0.29) is 11.8 Å². The van der Waals surface area contributed by atoms with Gasteiger partial charge in [0.1, 0.15) is 0 Å². The predicted octanol–water partition coefficient (Wildman–Crippen LogP) is 2.04. The number of nitrogens with one attached hydrogen (secondary N) is 1. The van der Waals surface area contributed by atoms with Crippen LogP contribution in [0.3, 0.4) is 0 Å². The Kier molecular flexibility index (Phi) is 7.09. The Labute approximate surface area is 121 Å². The van der Waals surface area contributed by atoms with Crippen LogP contribution < -0.4 is 10.2 Å². The number of anilines is 1. The molecule has 0 saturated carbocycles. The lowest BCUT2D eigenvalue weighted by atomic mass is 10.0. The molecule has 0 saturated heterocycles. The molecule has 0 aliphatic carbocycles. The van der Waals surface area contributed by atoms with E-state index in [0.717, 1.165) is 18.7 Å². The van der Waals surface area contributed by atoms with Gasteiger partial charge in [0.25, 0.3) is 0 Å². The Bertz CT molecular complexity index is 395. The highest BCUT2D eigenvalue weighted by Crippen LogP contribution is 2.12. The summed E-state index contributed by atoms with van der Waals surface area (Å²) >= 11 is 0. The van der Waals surface area contributed by atoms with Crippen molar-refractivity contribution >= 4 is 11.6 Å². The van der Waals surface area contributed by atoms with Gasteiger partial charge in [0.15, 0.2) is 0 Å². The average Bonchev–Trinajstić information content (AvgIpc) is 2.50. The van der Waals surface area contributed by atoms with E-state index in [1.54, 1.807) is 0 Å². The maximum atomic E-state index is 11.9. The molecule has 1 aromatic carbocycles. The second kappa shape index (κ2) is 8.59. The van der Waals surface area contributed by atoms with Crippen LogP contribution in [0.25, 0.3) is 0 Å². The van der Waals surface area contributed by atoms with Crippen molar-refractivity contribution in [3.05, 3.63) is 30.3 Å². The maximum Gasteiger partial charge on any atom is 0.239 e. The number of nitrogens with zero attached hydrogens (tertiary/aromatic N) is 1. The summed E-state index contributed by atoms with van der Waals surface area (Å²) in [5.74, 6) is 0.143. The van der Waals surface area contributed by atoms with Gasteiger partial charge in [-0.1, -0.05) is 38.5 Å². The van der Waals surface area contributed by atoms with Gasteiger partial charge in [-0.2, -0.15) is 0 Å². The summed E-state index contributed by atoms with van der Waals surface area (Å²) in [5.41, 5.74) is 1.03. The minimum Gasteiger partial charge on any atom is -0.391 e. The molecule has 0 aromatic heterocycles. The largest absolute Gasteiger partial charge is 0.391 e. The molecule has 112 valence electrons. The number of aliphatic hydroxyl groups excluding tert-OH is 1. The average molecular weight is 278 g/mol. The first-order valence-electron chi connectivity index (χ1n) is 7.33. The number of benzene rings is 1. The second-order valence-electron chi connectivity index (χ2n) is 5.11. The Balaban J connectivity index is 2.44. The number of amides is 1. The summed E-state index contributed by atoms with van der Waals surface area (Å²) < 4.78 is 0. The molecule has 4 nitrogen and oxygen atoms in total. The Morgan fingerprint density at radius 3 is 2.50 bits per heavy atom. The molecule has 0 radical (unpaired) electrons. The summed E-state index contributed by atoms with van der Waals surface area (Å²) in [6, 6.07) is 9.86. The Morgan fingerprint density at radius 1 is 1.30 bits per heavy atom. The number of hydrogen-bond donors (Lipinski definition) is 2. The van der Waals surface area contributed by atoms with Gasteiger partial charge in [-0.05, 0) is 25.0 Å². The third-order valence-corrected chi connectivity index (χ3v) is 3.65. The van der Waals surface area contributed by atoms with Crippen molar-refractivity contribution in [1.29, 1.82) is 0 Å². The van der Waals surface area contributed by atoms with Crippen molar-refractivity contribution < 1.29 is 9.90 Å². The van der Waals surface area contributed by atoms with Crippen LogP contribution >= 0.6 is 0 Å². The van der Waals surface area contributed by atoms with Crippen LogP contribution in [0.4, 0.5) is 5.69 Å². The fourth-order valence-electron chi connectivity index (χ4n) is 1.95. The third-order valence-electron chi connectivity index (χ3n) is 3.65. The Morgan fingerprint density at radius 2 is 1.95 bits per heavy atom. The van der Waals surface area contributed by atoms with E-state index in [1.807, 2.05) is 56.0 Å². The van der Waals surface area contributed by atoms with Gasteiger partial charge in [0.2, 0.25) is 5.91 Å². The maximum absolute atomic E-state index is 11.9. The van der Waals surface area contributed by atoms with Crippen LogP contribution in [0.5, 0.6) is 0 Å². The first-order chi connectivity index (χ1) is 9.58. The van der Waals surface area contributed by atoms with Crippen LogP contribution in [0.2, 0.25) is 0 Å². The van der Waals surface area contributed by atoms with Crippen molar-refractivity contribution in [3.8, 4) is 0 Å².